The van der Waals surface area contributed by atoms with Crippen molar-refractivity contribution in [3.05, 3.63) is 35.0 Å². The number of aromatic nitrogens is 2. The molecule has 1 fully saturated rings. The van der Waals surface area contributed by atoms with E-state index in [-0.39, 0.29) is 5.91 Å². The number of anilines is 3. The van der Waals surface area contributed by atoms with Crippen LogP contribution in [0.1, 0.15) is 36.0 Å². The van der Waals surface area contributed by atoms with Crippen LogP contribution in [0.5, 0.6) is 5.75 Å². The second-order valence-electron chi connectivity index (χ2n) is 8.18. The average molecular weight is 540 g/mol. The summed E-state index contributed by atoms with van der Waals surface area (Å²) >= 11 is 9.63. The van der Waals surface area contributed by atoms with E-state index in [0.29, 0.717) is 40.3 Å². The number of rotatable bonds is 11. The van der Waals surface area contributed by atoms with Crippen molar-refractivity contribution < 1.29 is 9.53 Å². The van der Waals surface area contributed by atoms with Gasteiger partial charge in [0.1, 0.15) is 16.6 Å². The fraction of sp³-hybridized carbons (Fsp3) is 0.522. The van der Waals surface area contributed by atoms with Gasteiger partial charge < -0.3 is 26.0 Å². The molecule has 1 amide bonds. The zero-order valence-corrected chi connectivity index (χ0v) is 21.4. The molecule has 0 atom stereocenters. The van der Waals surface area contributed by atoms with Crippen LogP contribution < -0.4 is 26.0 Å². The van der Waals surface area contributed by atoms with Crippen molar-refractivity contribution in [2.45, 2.75) is 25.7 Å². The van der Waals surface area contributed by atoms with Gasteiger partial charge in [-0.25, -0.2) is 4.98 Å². The smallest absolute Gasteiger partial charge is 0.251 e. The third kappa shape index (κ3) is 7.45. The summed E-state index contributed by atoms with van der Waals surface area (Å²) < 4.78 is 5.46. The number of carbonyl (C=O) groups excluding carboxylic acids is 1. The number of methoxy groups -OCH3 is 1. The number of nitrogens with zero attached hydrogens (tertiary/aromatic N) is 2. The van der Waals surface area contributed by atoms with Gasteiger partial charge in [-0.15, -0.1) is 0 Å². The molecule has 1 aromatic carbocycles. The highest BCUT2D eigenvalue weighted by molar-refractivity contribution is 9.09. The second kappa shape index (κ2) is 13.0. The number of nitrogens with one attached hydrogen (secondary N) is 4. The molecule has 1 saturated carbocycles. The Morgan fingerprint density at radius 2 is 1.97 bits per heavy atom. The topological polar surface area (TPSA) is 100 Å². The number of amides is 1. The lowest BCUT2D eigenvalue weighted by atomic mass is 9.83. The van der Waals surface area contributed by atoms with E-state index < -0.39 is 0 Å². The molecular weight excluding hydrogens is 508 g/mol. The maximum atomic E-state index is 12.6. The van der Waals surface area contributed by atoms with E-state index in [0.717, 1.165) is 30.3 Å². The van der Waals surface area contributed by atoms with Gasteiger partial charge >= 0.3 is 0 Å². The summed E-state index contributed by atoms with van der Waals surface area (Å²) in [6.07, 6.45) is 6.70. The van der Waals surface area contributed by atoms with E-state index in [1.165, 1.54) is 31.9 Å². The molecule has 33 heavy (non-hydrogen) atoms. The minimum absolute atomic E-state index is 0.139. The van der Waals surface area contributed by atoms with Crippen LogP contribution in [0.15, 0.2) is 24.4 Å². The zero-order valence-electron chi connectivity index (χ0n) is 19.1. The van der Waals surface area contributed by atoms with Gasteiger partial charge in [0.2, 0.25) is 5.95 Å². The summed E-state index contributed by atoms with van der Waals surface area (Å²) in [7, 11) is 3.29. The summed E-state index contributed by atoms with van der Waals surface area (Å²) in [6.45, 7) is 2.34. The lowest BCUT2D eigenvalue weighted by Gasteiger charge is -2.27. The van der Waals surface area contributed by atoms with Crippen molar-refractivity contribution >= 4 is 50.9 Å². The molecule has 2 aromatic rings. The molecule has 0 radical (unpaired) electrons. The Morgan fingerprint density at radius 1 is 1.21 bits per heavy atom. The molecule has 0 bridgehead atoms. The molecule has 0 aliphatic heterocycles. The minimum Gasteiger partial charge on any atom is -0.495 e. The largest absolute Gasteiger partial charge is 0.495 e. The normalized spacial score (nSPS) is 17.9. The molecule has 8 nitrogen and oxygen atoms in total. The van der Waals surface area contributed by atoms with Crippen molar-refractivity contribution in [3.63, 3.8) is 0 Å². The third-order valence-electron chi connectivity index (χ3n) is 5.90. The Balaban J connectivity index is 1.47. The number of carbonyl (C=O) groups is 1. The maximum Gasteiger partial charge on any atom is 0.251 e. The summed E-state index contributed by atoms with van der Waals surface area (Å²) in [5, 5.41) is 14.0. The maximum absolute atomic E-state index is 12.6. The van der Waals surface area contributed by atoms with Crippen LogP contribution in [0.2, 0.25) is 5.02 Å². The SMILES string of the molecule is CNc1nc(Nc2ccc(C(=O)NCCNC[C@H]3CC[C@@H](CBr)CC3)cc2OC)ncc1Cl. The molecule has 4 N–H and O–H groups in total. The molecule has 180 valence electrons. The van der Waals surface area contributed by atoms with E-state index in [1.54, 1.807) is 32.4 Å². The van der Waals surface area contributed by atoms with Crippen LogP contribution in [-0.4, -0.2) is 55.0 Å². The highest BCUT2D eigenvalue weighted by Gasteiger charge is 2.20. The minimum atomic E-state index is -0.139. The molecule has 0 spiro atoms. The quantitative estimate of drug-likeness (QED) is 0.247. The van der Waals surface area contributed by atoms with E-state index >= 15 is 0 Å². The van der Waals surface area contributed by atoms with E-state index in [2.05, 4.69) is 47.2 Å². The van der Waals surface area contributed by atoms with Crippen molar-refractivity contribution in [1.82, 2.24) is 20.6 Å². The van der Waals surface area contributed by atoms with Crippen LogP contribution in [-0.2, 0) is 0 Å². The van der Waals surface area contributed by atoms with Gasteiger partial charge in [-0.1, -0.05) is 27.5 Å². The van der Waals surface area contributed by atoms with Gasteiger partial charge in [-0.05, 0) is 62.3 Å². The van der Waals surface area contributed by atoms with Crippen molar-refractivity contribution in [3.8, 4) is 5.75 Å². The number of halogens is 2. The molecule has 0 saturated heterocycles. The van der Waals surface area contributed by atoms with Crippen LogP contribution in [0.4, 0.5) is 17.5 Å². The first kappa shape index (κ1) is 25.5. The van der Waals surface area contributed by atoms with E-state index in [1.807, 2.05) is 0 Å². The molecule has 0 unspecified atom stereocenters. The first-order valence-electron chi connectivity index (χ1n) is 11.2. The number of benzene rings is 1. The monoisotopic (exact) mass is 538 g/mol. The number of ether oxygens (including phenoxy) is 1. The average Bonchev–Trinajstić information content (AvgIpc) is 2.85. The number of hydrogen-bond acceptors (Lipinski definition) is 7. The van der Waals surface area contributed by atoms with Crippen LogP contribution in [0.25, 0.3) is 0 Å². The predicted molar refractivity (Wildman–Crippen MR) is 137 cm³/mol. The molecule has 10 heteroatoms. The molecule has 1 aliphatic rings. The van der Waals surface area contributed by atoms with Gasteiger partial charge in [-0.2, -0.15) is 4.98 Å². The molecule has 1 heterocycles. The van der Waals surface area contributed by atoms with Crippen molar-refractivity contribution in [2.75, 3.05) is 49.8 Å². The summed E-state index contributed by atoms with van der Waals surface area (Å²) in [6, 6.07) is 5.21. The lowest BCUT2D eigenvalue weighted by molar-refractivity contribution is 0.0953. The summed E-state index contributed by atoms with van der Waals surface area (Å²) in [4.78, 5) is 21.1. The van der Waals surface area contributed by atoms with E-state index in [4.69, 9.17) is 16.3 Å². The zero-order chi connectivity index (χ0) is 23.6. The highest BCUT2D eigenvalue weighted by Crippen LogP contribution is 2.30. The fourth-order valence-electron chi connectivity index (χ4n) is 3.92. The van der Waals surface area contributed by atoms with Gasteiger partial charge in [0.25, 0.3) is 5.91 Å². The molecule has 3 rings (SSSR count). The van der Waals surface area contributed by atoms with Crippen LogP contribution >= 0.6 is 27.5 Å². The highest BCUT2D eigenvalue weighted by atomic mass is 79.9. The molecular formula is C23H32BrClN6O2. The number of hydrogen-bond donors (Lipinski definition) is 4. The van der Waals surface area contributed by atoms with Gasteiger partial charge in [0.15, 0.2) is 0 Å². The molecule has 1 aromatic heterocycles. The van der Waals surface area contributed by atoms with Gasteiger partial charge in [0.05, 0.1) is 19.0 Å². The van der Waals surface area contributed by atoms with Crippen molar-refractivity contribution in [1.29, 1.82) is 0 Å². The summed E-state index contributed by atoms with van der Waals surface area (Å²) in [5.41, 5.74) is 1.17. The standard InChI is InChI=1S/C23H32BrClN6O2/c1-26-21-18(25)14-29-23(31-21)30-19-8-7-17(11-20(19)33-2)22(32)28-10-9-27-13-16-5-3-15(12-24)4-6-16/h7-8,11,14-16,27H,3-6,9-10,12-13H2,1-2H3,(H,28,32)(H2,26,29,30,31)/t15-,16+. The predicted octanol–water partition coefficient (Wildman–Crippen LogP) is 4.44. The Hall–Kier alpha value is -2.10. The number of alkyl halides is 1. The Kier molecular flexibility index (Phi) is 10.0. The third-order valence-corrected chi connectivity index (χ3v) is 7.09. The Labute approximate surface area is 208 Å². The Morgan fingerprint density at radius 3 is 2.67 bits per heavy atom. The van der Waals surface area contributed by atoms with Gasteiger partial charge in [-0.3, -0.25) is 4.79 Å². The fourth-order valence-corrected chi connectivity index (χ4v) is 4.75. The first-order valence-corrected chi connectivity index (χ1v) is 12.7. The Bertz CT molecular complexity index is 924. The van der Waals surface area contributed by atoms with Gasteiger partial charge in [0, 0.05) is 31.0 Å². The van der Waals surface area contributed by atoms with Crippen molar-refractivity contribution in [2.24, 2.45) is 11.8 Å². The summed E-state index contributed by atoms with van der Waals surface area (Å²) in [5.74, 6) is 2.84. The van der Waals surface area contributed by atoms with E-state index in [9.17, 15) is 4.79 Å². The van der Waals surface area contributed by atoms with Crippen LogP contribution in [0.3, 0.4) is 0 Å². The lowest BCUT2D eigenvalue weighted by Crippen LogP contribution is -2.34. The second-order valence-corrected chi connectivity index (χ2v) is 9.24. The first-order chi connectivity index (χ1) is 16.0. The van der Waals surface area contributed by atoms with Crippen LogP contribution in [0, 0.1) is 11.8 Å². The molecule has 1 aliphatic carbocycles.